The number of pyridine rings is 1. The number of rotatable bonds is 3. The summed E-state index contributed by atoms with van der Waals surface area (Å²) in [6.45, 7) is 3.77. The number of hydrogen-bond acceptors (Lipinski definition) is 3. The number of hydrogen-bond donors (Lipinski definition) is 1. The van der Waals surface area contributed by atoms with Crippen LogP contribution in [0.1, 0.15) is 16.8 Å². The van der Waals surface area contributed by atoms with Crippen LogP contribution in [-0.4, -0.2) is 9.19 Å². The largest absolute Gasteiger partial charge is 0.398 e. The first-order chi connectivity index (χ1) is 9.40. The van der Waals surface area contributed by atoms with Gasteiger partial charge in [0.2, 0.25) is 0 Å². The number of aromatic nitrogens is 1. The van der Waals surface area contributed by atoms with Gasteiger partial charge >= 0.3 is 0 Å². The summed E-state index contributed by atoms with van der Waals surface area (Å²) in [4.78, 5) is 4.82. The Labute approximate surface area is 130 Å². The SMILES string of the molecule is Cc1cnc(CS(=O)c2cc(Cl)ccc2Cl)c(C)c1N. The zero-order valence-electron chi connectivity index (χ0n) is 11.1. The number of aryl methyl sites for hydroxylation is 1. The van der Waals surface area contributed by atoms with Crippen molar-refractivity contribution >= 4 is 39.7 Å². The third kappa shape index (κ3) is 3.14. The lowest BCUT2D eigenvalue weighted by Crippen LogP contribution is -2.05. The highest BCUT2D eigenvalue weighted by Gasteiger charge is 2.14. The topological polar surface area (TPSA) is 56.0 Å². The van der Waals surface area contributed by atoms with Crippen molar-refractivity contribution in [3.63, 3.8) is 0 Å². The third-order valence-corrected chi connectivity index (χ3v) is 5.12. The van der Waals surface area contributed by atoms with E-state index in [1.54, 1.807) is 24.4 Å². The second-order valence-corrected chi connectivity index (χ2v) is 6.75. The molecular weight excluding hydrogens is 315 g/mol. The minimum Gasteiger partial charge on any atom is -0.398 e. The van der Waals surface area contributed by atoms with Gasteiger partial charge in [-0.3, -0.25) is 9.19 Å². The fourth-order valence-corrected chi connectivity index (χ4v) is 3.64. The molecule has 0 saturated carbocycles. The van der Waals surface area contributed by atoms with Crippen molar-refractivity contribution in [2.75, 3.05) is 5.73 Å². The van der Waals surface area contributed by atoms with E-state index in [-0.39, 0.29) is 5.75 Å². The number of nitrogens with two attached hydrogens (primary N) is 1. The molecule has 1 aromatic heterocycles. The molecule has 0 radical (unpaired) electrons. The van der Waals surface area contributed by atoms with E-state index >= 15 is 0 Å². The Morgan fingerprint density at radius 2 is 2.00 bits per heavy atom. The summed E-state index contributed by atoms with van der Waals surface area (Å²) in [6.07, 6.45) is 1.69. The van der Waals surface area contributed by atoms with Crippen LogP contribution in [0.25, 0.3) is 0 Å². The Balaban J connectivity index is 2.33. The van der Waals surface area contributed by atoms with Crippen LogP contribution in [0.2, 0.25) is 10.0 Å². The molecule has 106 valence electrons. The Hall–Kier alpha value is -1.10. The molecule has 0 aliphatic heterocycles. The normalized spacial score (nSPS) is 12.4. The summed E-state index contributed by atoms with van der Waals surface area (Å²) >= 11 is 12.0. The van der Waals surface area contributed by atoms with Crippen LogP contribution in [0.3, 0.4) is 0 Å². The van der Waals surface area contributed by atoms with Gasteiger partial charge in [-0.15, -0.1) is 0 Å². The fourth-order valence-electron chi connectivity index (χ4n) is 1.79. The van der Waals surface area contributed by atoms with Crippen LogP contribution in [0, 0.1) is 13.8 Å². The molecule has 20 heavy (non-hydrogen) atoms. The van der Waals surface area contributed by atoms with E-state index in [0.717, 1.165) is 11.1 Å². The van der Waals surface area contributed by atoms with Crippen molar-refractivity contribution in [1.82, 2.24) is 4.98 Å². The van der Waals surface area contributed by atoms with Gasteiger partial charge in [-0.1, -0.05) is 23.2 Å². The first kappa shape index (κ1) is 15.3. The summed E-state index contributed by atoms with van der Waals surface area (Å²) in [5.41, 5.74) is 9.13. The van der Waals surface area contributed by atoms with Gasteiger partial charge in [0.05, 0.1) is 32.2 Å². The van der Waals surface area contributed by atoms with Crippen LogP contribution in [-0.2, 0) is 16.6 Å². The molecule has 1 unspecified atom stereocenters. The van der Waals surface area contributed by atoms with Gasteiger partial charge in [0.1, 0.15) is 0 Å². The second-order valence-electron chi connectivity index (χ2n) is 4.49. The molecule has 1 aromatic carbocycles. The molecule has 0 amide bonds. The Bertz CT molecular complexity index is 689. The molecule has 0 aliphatic rings. The first-order valence-corrected chi connectivity index (χ1v) is 8.01. The molecule has 0 saturated heterocycles. The molecule has 3 nitrogen and oxygen atoms in total. The van der Waals surface area contributed by atoms with Gasteiger partial charge in [-0.05, 0) is 43.2 Å². The average molecular weight is 329 g/mol. The lowest BCUT2D eigenvalue weighted by molar-refractivity contribution is 0.682. The van der Waals surface area contributed by atoms with Crippen molar-refractivity contribution in [3.05, 3.63) is 51.3 Å². The highest BCUT2D eigenvalue weighted by molar-refractivity contribution is 7.84. The molecule has 0 aliphatic carbocycles. The maximum atomic E-state index is 12.4. The predicted octanol–water partition coefficient (Wildman–Crippen LogP) is 3.90. The molecule has 1 atom stereocenters. The zero-order chi connectivity index (χ0) is 14.9. The smallest absolute Gasteiger partial charge is 0.0709 e. The molecule has 2 N–H and O–H groups in total. The highest BCUT2D eigenvalue weighted by Crippen LogP contribution is 2.26. The van der Waals surface area contributed by atoms with E-state index in [9.17, 15) is 4.21 Å². The van der Waals surface area contributed by atoms with Gasteiger partial charge in [0.25, 0.3) is 0 Å². The molecule has 2 rings (SSSR count). The fraction of sp³-hybridized carbons (Fsp3) is 0.214. The molecule has 2 aromatic rings. The van der Waals surface area contributed by atoms with Crippen molar-refractivity contribution in [2.45, 2.75) is 24.5 Å². The Morgan fingerprint density at radius 3 is 2.70 bits per heavy atom. The Kier molecular flexibility index (Phi) is 4.68. The lowest BCUT2D eigenvalue weighted by Gasteiger charge is -2.10. The van der Waals surface area contributed by atoms with Crippen LogP contribution in [0.5, 0.6) is 0 Å². The maximum Gasteiger partial charge on any atom is 0.0709 e. The van der Waals surface area contributed by atoms with Crippen molar-refractivity contribution in [1.29, 1.82) is 0 Å². The number of halogens is 2. The lowest BCUT2D eigenvalue weighted by atomic mass is 10.1. The number of benzene rings is 1. The standard InChI is InChI=1S/C14H14Cl2N2OS/c1-8-6-18-12(9(2)14(8)17)7-20(19)13-5-10(15)3-4-11(13)16/h3-6H,7H2,1-2H3,(H2,17,18). The van der Waals surface area contributed by atoms with E-state index in [2.05, 4.69) is 4.98 Å². The average Bonchev–Trinajstić information content (AvgIpc) is 2.42. The van der Waals surface area contributed by atoms with Crippen molar-refractivity contribution < 1.29 is 4.21 Å². The summed E-state index contributed by atoms with van der Waals surface area (Å²) < 4.78 is 12.4. The molecule has 0 spiro atoms. The van der Waals surface area contributed by atoms with E-state index in [1.165, 1.54) is 0 Å². The van der Waals surface area contributed by atoms with E-state index in [4.69, 9.17) is 28.9 Å². The van der Waals surface area contributed by atoms with Gasteiger partial charge < -0.3 is 5.73 Å². The molecule has 6 heteroatoms. The van der Waals surface area contributed by atoms with Crippen molar-refractivity contribution in [3.8, 4) is 0 Å². The van der Waals surface area contributed by atoms with Crippen LogP contribution < -0.4 is 5.73 Å². The minimum absolute atomic E-state index is 0.260. The summed E-state index contributed by atoms with van der Waals surface area (Å²) in [7, 11) is -1.32. The van der Waals surface area contributed by atoms with Crippen LogP contribution in [0.4, 0.5) is 5.69 Å². The van der Waals surface area contributed by atoms with E-state index < -0.39 is 10.8 Å². The molecular formula is C14H14Cl2N2OS. The maximum absolute atomic E-state index is 12.4. The van der Waals surface area contributed by atoms with E-state index in [1.807, 2.05) is 13.8 Å². The molecule has 0 bridgehead atoms. The minimum atomic E-state index is -1.32. The summed E-state index contributed by atoms with van der Waals surface area (Å²) in [5, 5.41) is 0.941. The van der Waals surface area contributed by atoms with Crippen LogP contribution >= 0.6 is 23.2 Å². The van der Waals surface area contributed by atoms with Gasteiger partial charge in [-0.25, -0.2) is 0 Å². The first-order valence-electron chi connectivity index (χ1n) is 5.94. The molecule has 1 heterocycles. The predicted molar refractivity (Wildman–Crippen MR) is 84.7 cm³/mol. The highest BCUT2D eigenvalue weighted by atomic mass is 35.5. The third-order valence-electron chi connectivity index (χ3n) is 3.08. The van der Waals surface area contributed by atoms with Gasteiger partial charge in [0.15, 0.2) is 0 Å². The van der Waals surface area contributed by atoms with Crippen molar-refractivity contribution in [2.24, 2.45) is 0 Å². The number of nitrogens with zero attached hydrogens (tertiary/aromatic N) is 1. The Morgan fingerprint density at radius 1 is 1.30 bits per heavy atom. The number of anilines is 1. The monoisotopic (exact) mass is 328 g/mol. The summed E-state index contributed by atoms with van der Waals surface area (Å²) in [5.74, 6) is 0.260. The number of nitrogen functional groups attached to an aromatic ring is 1. The second kappa shape index (κ2) is 6.12. The summed E-state index contributed by atoms with van der Waals surface area (Å²) in [6, 6.07) is 4.92. The van der Waals surface area contributed by atoms with Crippen LogP contribution in [0.15, 0.2) is 29.3 Å². The quantitative estimate of drug-likeness (QED) is 0.929. The molecule has 0 fully saturated rings. The zero-order valence-corrected chi connectivity index (χ0v) is 13.4. The van der Waals surface area contributed by atoms with E-state index in [0.29, 0.717) is 26.3 Å². The van der Waals surface area contributed by atoms with Gasteiger partial charge in [0, 0.05) is 16.9 Å². The van der Waals surface area contributed by atoms with Gasteiger partial charge in [-0.2, -0.15) is 0 Å².